The summed E-state index contributed by atoms with van der Waals surface area (Å²) in [7, 11) is -4.12. The van der Waals surface area contributed by atoms with E-state index in [9.17, 15) is 59.5 Å². The molecule has 2 aromatic heterocycles. The lowest BCUT2D eigenvalue weighted by Crippen LogP contribution is -2.49. The van der Waals surface area contributed by atoms with Crippen molar-refractivity contribution in [3.8, 4) is 11.5 Å². The van der Waals surface area contributed by atoms with Crippen LogP contribution in [0, 0.1) is 0 Å². The first-order valence-corrected chi connectivity index (χ1v) is 29.5. The number of hydroxylamine groups is 2. The van der Waals surface area contributed by atoms with E-state index in [1.54, 1.807) is 66.3 Å². The number of aromatic nitrogens is 1. The van der Waals surface area contributed by atoms with Gasteiger partial charge in [0.25, 0.3) is 49.8 Å². The van der Waals surface area contributed by atoms with Gasteiger partial charge in [0, 0.05) is 71.7 Å². The molecule has 0 bridgehead atoms. The van der Waals surface area contributed by atoms with Crippen LogP contribution in [0.3, 0.4) is 0 Å². The maximum Gasteiger partial charge on any atom is 0.353 e. The number of nitrogens with zero attached hydrogens (tertiary/aromatic N) is 3. The molecule has 6 N–H and O–H groups in total. The molecule has 3 aliphatic heterocycles. The fourth-order valence-corrected chi connectivity index (χ4v) is 13.8. The summed E-state index contributed by atoms with van der Waals surface area (Å²) in [5, 5.41) is 8.71. The van der Waals surface area contributed by atoms with Crippen molar-refractivity contribution >= 4 is 127 Å². The highest BCUT2D eigenvalue weighted by atomic mass is 33.1. The molecule has 28 heteroatoms. The molecule has 3 atom stereocenters. The Balaban J connectivity index is 0.796. The van der Waals surface area contributed by atoms with Crippen LogP contribution in [0.25, 0.3) is 10.1 Å². The number of amides is 6. The lowest BCUT2D eigenvalue weighted by Gasteiger charge is -2.27. The number of fused-ring (bicyclic) bond motifs is 5. The molecule has 0 spiro atoms. The summed E-state index contributed by atoms with van der Waals surface area (Å²) in [6, 6.07) is 17.4. The van der Waals surface area contributed by atoms with E-state index in [1.807, 2.05) is 13.8 Å². The molecule has 3 aromatic carbocycles. The van der Waals surface area contributed by atoms with Crippen LogP contribution in [0.2, 0.25) is 0 Å². The number of hydrogen-bond donors (Lipinski definition) is 6. The second-order valence-corrected chi connectivity index (χ2v) is 25.7. The normalized spacial score (nSPS) is 16.8. The van der Waals surface area contributed by atoms with Crippen molar-refractivity contribution in [1.82, 2.24) is 14.9 Å². The van der Waals surface area contributed by atoms with Gasteiger partial charge in [0.05, 0.1) is 41.6 Å². The summed E-state index contributed by atoms with van der Waals surface area (Å²) in [4.78, 5) is 96.3. The van der Waals surface area contributed by atoms with Crippen LogP contribution in [0.1, 0.15) is 82.0 Å². The number of carbonyl (C=O) groups is 7. The van der Waals surface area contributed by atoms with Gasteiger partial charge in [0.15, 0.2) is 22.1 Å². The summed E-state index contributed by atoms with van der Waals surface area (Å²) >= 11 is 1.24. The number of carbonyl (C=O) groups excluding carboxylic acids is 7. The maximum atomic E-state index is 14.0. The fourth-order valence-electron chi connectivity index (χ4n) is 8.58. The summed E-state index contributed by atoms with van der Waals surface area (Å²) in [6.07, 6.45) is 1.27. The highest BCUT2D eigenvalue weighted by molar-refractivity contribution is 8.77. The van der Waals surface area contributed by atoms with Crippen LogP contribution < -0.4 is 35.6 Å². The third-order valence-electron chi connectivity index (χ3n) is 12.3. The van der Waals surface area contributed by atoms with Crippen LogP contribution in [-0.2, 0) is 57.7 Å². The number of rotatable bonds is 21. The highest BCUT2D eigenvalue weighted by Gasteiger charge is 2.47. The molecular formula is C48H51N7O16S5. The average Bonchev–Trinajstić information content (AvgIpc) is 4.12. The molecular weight excluding hydrogens is 1090 g/mol. The zero-order valence-corrected chi connectivity index (χ0v) is 45.1. The van der Waals surface area contributed by atoms with Gasteiger partial charge >= 0.3 is 5.97 Å². The van der Waals surface area contributed by atoms with Gasteiger partial charge < -0.3 is 45.0 Å². The standard InChI is InChI=1S/C48H51N7O16S5/c1-48(2,74-72-17-15-39(75(63,64)65)47(62)71-55-41(57)13-14-42(55)58)25-49-44(60)38-20-27-18-28(11-12-37(27)73-38)51-43(59)33-21-29(24-53(33)3)50-40(56)10-7-16-70-36-23-31-30(22-35(36)69-4)46(61)54-32-9-6-5-8-26(32)19-34(54)45(52-31)76(66,67)68/h5-6,8-9,11-12,18,20-24,34,39,45,52H,7,10,13-17,19,25H2,1-4H3,(H,49,60)(H,50,56)(H,51,59)(H,63,64,65)(H,66,67,68)/t34-,39?,45?/m0/s1. The Hall–Kier alpha value is -6.69. The van der Waals surface area contributed by atoms with Gasteiger partial charge in [-0.05, 0) is 86.5 Å². The monoisotopic (exact) mass is 1140 g/mol. The van der Waals surface area contributed by atoms with Crippen LogP contribution in [0.5, 0.6) is 11.5 Å². The van der Waals surface area contributed by atoms with Gasteiger partial charge in [-0.3, -0.25) is 37.9 Å². The van der Waals surface area contributed by atoms with Gasteiger partial charge in [-0.1, -0.05) is 39.8 Å². The Morgan fingerprint density at radius 2 is 1.66 bits per heavy atom. The molecule has 6 amide bonds. The van der Waals surface area contributed by atoms with Crippen molar-refractivity contribution in [1.29, 1.82) is 0 Å². The van der Waals surface area contributed by atoms with Crippen molar-refractivity contribution in [2.75, 3.05) is 46.9 Å². The molecule has 2 unspecified atom stereocenters. The lowest BCUT2D eigenvalue weighted by atomic mass is 10.1. The molecule has 76 heavy (non-hydrogen) atoms. The van der Waals surface area contributed by atoms with Crippen molar-refractivity contribution < 1.29 is 73.8 Å². The zero-order chi connectivity index (χ0) is 54.9. The molecule has 8 rings (SSSR count). The number of thiophene rings is 1. The Bertz CT molecular complexity index is 3380. The Morgan fingerprint density at radius 1 is 0.921 bits per heavy atom. The third-order valence-corrected chi connectivity index (χ3v) is 18.9. The number of para-hydroxylation sites is 1. The van der Waals surface area contributed by atoms with Crippen LogP contribution in [-0.4, -0.2) is 124 Å². The van der Waals surface area contributed by atoms with Gasteiger partial charge in [-0.25, -0.2) is 4.79 Å². The molecule has 5 heterocycles. The van der Waals surface area contributed by atoms with E-state index >= 15 is 0 Å². The SMILES string of the molecule is COc1cc2c(cc1OCCCC(=O)Nc1cc(C(=O)Nc3ccc4sc(C(=O)NCC(C)(C)SSCCC(C(=O)ON5C(=O)CCC5=O)S(=O)(=O)O)cc4c3)n(C)c1)NC(S(=O)(=O)O)[C@@H]1Cc3ccccc3N1C2=O. The highest BCUT2D eigenvalue weighted by Crippen LogP contribution is 2.43. The average molecular weight is 1140 g/mol. The minimum atomic E-state index is -4.93. The Kier molecular flexibility index (Phi) is 16.4. The van der Waals surface area contributed by atoms with Crippen molar-refractivity contribution in [3.63, 3.8) is 0 Å². The quantitative estimate of drug-likeness (QED) is 0.0224. The molecule has 404 valence electrons. The Labute approximate surface area is 447 Å². The van der Waals surface area contributed by atoms with E-state index in [4.69, 9.17) is 14.3 Å². The summed E-state index contributed by atoms with van der Waals surface area (Å²) < 4.78 is 82.4. The van der Waals surface area contributed by atoms with Gasteiger partial charge in [-0.2, -0.15) is 16.8 Å². The van der Waals surface area contributed by atoms with Crippen LogP contribution in [0.15, 0.2) is 72.9 Å². The zero-order valence-electron chi connectivity index (χ0n) is 41.0. The van der Waals surface area contributed by atoms with E-state index in [0.29, 0.717) is 27.3 Å². The third kappa shape index (κ3) is 12.6. The van der Waals surface area contributed by atoms with Gasteiger partial charge in [0.1, 0.15) is 5.69 Å². The number of nitrogens with one attached hydrogen (secondary N) is 4. The largest absolute Gasteiger partial charge is 0.493 e. The number of methoxy groups -OCH3 is 1. The number of anilines is 4. The molecule has 0 saturated carbocycles. The van der Waals surface area contributed by atoms with E-state index < -0.39 is 71.2 Å². The van der Waals surface area contributed by atoms with Crippen LogP contribution in [0.4, 0.5) is 22.7 Å². The van der Waals surface area contributed by atoms with E-state index in [2.05, 4.69) is 21.3 Å². The Morgan fingerprint density at radius 3 is 2.37 bits per heavy atom. The summed E-state index contributed by atoms with van der Waals surface area (Å²) in [5.74, 6) is -4.32. The number of ether oxygens (including phenoxy) is 2. The van der Waals surface area contributed by atoms with Gasteiger partial charge in [0.2, 0.25) is 5.91 Å². The molecule has 23 nitrogen and oxygen atoms in total. The van der Waals surface area contributed by atoms with Crippen LogP contribution >= 0.6 is 32.9 Å². The minimum Gasteiger partial charge on any atom is -0.493 e. The first kappa shape index (κ1) is 55.5. The lowest BCUT2D eigenvalue weighted by molar-refractivity contribution is -0.197. The first-order valence-electron chi connectivity index (χ1n) is 23.3. The van der Waals surface area contributed by atoms with Crippen molar-refractivity contribution in [2.45, 2.75) is 73.8 Å². The van der Waals surface area contributed by atoms with Crippen molar-refractivity contribution in [3.05, 3.63) is 94.6 Å². The minimum absolute atomic E-state index is 0.0120. The number of aryl methyl sites for hydroxylation is 1. The number of benzene rings is 3. The topological polar surface area (TPSA) is 315 Å². The fraction of sp³-hybridized carbons (Fsp3) is 0.354. The molecule has 1 saturated heterocycles. The van der Waals surface area contributed by atoms with E-state index in [-0.39, 0.29) is 103 Å². The smallest absolute Gasteiger partial charge is 0.353 e. The first-order chi connectivity index (χ1) is 35.9. The number of hydrogen-bond acceptors (Lipinski definition) is 18. The molecule has 3 aliphatic rings. The molecule has 0 radical (unpaired) electrons. The van der Waals surface area contributed by atoms with Gasteiger partial charge in [-0.15, -0.1) is 16.4 Å². The predicted molar refractivity (Wildman–Crippen MR) is 285 cm³/mol. The second-order valence-electron chi connectivity index (χ2n) is 18.4. The predicted octanol–water partition coefficient (Wildman–Crippen LogP) is 5.65. The van der Waals surface area contributed by atoms with E-state index in [1.165, 1.54) is 63.1 Å². The summed E-state index contributed by atoms with van der Waals surface area (Å²) in [5.41, 5.74) is 2.57. The second kappa shape index (κ2) is 22.5. The molecule has 5 aromatic rings. The number of imide groups is 1. The summed E-state index contributed by atoms with van der Waals surface area (Å²) in [6.45, 7) is 3.88. The molecule has 1 fully saturated rings. The van der Waals surface area contributed by atoms with Crippen molar-refractivity contribution in [2.24, 2.45) is 7.05 Å². The van der Waals surface area contributed by atoms with E-state index in [0.717, 1.165) is 10.3 Å². The maximum absolute atomic E-state index is 14.0. The molecule has 0 aliphatic carbocycles.